The number of fused-ring (bicyclic) bond motifs is 12. The number of nitriles is 1. The van der Waals surface area contributed by atoms with Crippen molar-refractivity contribution in [3.05, 3.63) is 303 Å². The van der Waals surface area contributed by atoms with Crippen LogP contribution in [0.4, 0.5) is 0 Å². The van der Waals surface area contributed by atoms with Gasteiger partial charge in [-0.3, -0.25) is 9.13 Å². The summed E-state index contributed by atoms with van der Waals surface area (Å²) in [6.07, 6.45) is 0. The number of para-hydroxylation sites is 5. The van der Waals surface area contributed by atoms with E-state index < -0.39 is 8.07 Å². The van der Waals surface area contributed by atoms with E-state index in [9.17, 15) is 5.26 Å². The Labute approximate surface area is 490 Å². The van der Waals surface area contributed by atoms with Crippen LogP contribution in [0.2, 0.25) is 0 Å². The molecule has 8 heteroatoms. The standard InChI is InChI=1S/C77H49N7Si/c78-50-51-36-44-72-65(46-51)62-29-13-17-33-69(62)82(72)54-39-43-64-61-28-12-18-34-70(61)84(74(64)48-54)76-49-75(83-71-35-19-14-30-63(71)66-47-53(40-45-73(66)83)81-67-31-15-10-26-59(67)60-27-11-16-32-68(60)81)79-77(80-76)52-37-41-58(42-38-52)85(55-20-4-1-5-21-55,56-22-6-2-7-23-56)57-24-8-3-9-25-57/h1-49H. The zero-order chi connectivity index (χ0) is 56.2. The Bertz CT molecular complexity index is 5400. The molecule has 5 heterocycles. The van der Waals surface area contributed by atoms with Gasteiger partial charge < -0.3 is 9.13 Å². The van der Waals surface area contributed by atoms with Crippen molar-refractivity contribution in [3.8, 4) is 40.5 Å². The van der Waals surface area contributed by atoms with Gasteiger partial charge in [0.05, 0.1) is 55.8 Å². The molecule has 0 saturated heterocycles. The van der Waals surface area contributed by atoms with Crippen molar-refractivity contribution in [1.29, 1.82) is 5.26 Å². The van der Waals surface area contributed by atoms with Crippen molar-refractivity contribution in [2.75, 3.05) is 0 Å². The van der Waals surface area contributed by atoms with E-state index in [0.29, 0.717) is 11.4 Å². The van der Waals surface area contributed by atoms with Gasteiger partial charge in [-0.25, -0.2) is 9.97 Å². The molecule has 0 radical (unpaired) electrons. The number of hydrogen-bond donors (Lipinski definition) is 0. The fourth-order valence-corrected chi connectivity index (χ4v) is 18.7. The second kappa shape index (κ2) is 19.1. The van der Waals surface area contributed by atoms with Crippen molar-refractivity contribution in [2.24, 2.45) is 0 Å². The van der Waals surface area contributed by atoms with E-state index >= 15 is 0 Å². The molecule has 7 nitrogen and oxygen atoms in total. The molecule has 0 spiro atoms. The van der Waals surface area contributed by atoms with Gasteiger partial charge >= 0.3 is 0 Å². The fraction of sp³-hybridized carbons (Fsp3) is 0. The van der Waals surface area contributed by atoms with Crippen molar-refractivity contribution in [1.82, 2.24) is 28.2 Å². The van der Waals surface area contributed by atoms with E-state index in [4.69, 9.17) is 9.97 Å². The second-order valence-electron chi connectivity index (χ2n) is 22.0. The van der Waals surface area contributed by atoms with Crippen LogP contribution in [0.15, 0.2) is 297 Å². The Morgan fingerprint density at radius 3 is 1.12 bits per heavy atom. The summed E-state index contributed by atoms with van der Waals surface area (Å²) < 4.78 is 9.37. The monoisotopic (exact) mass is 1100 g/mol. The van der Waals surface area contributed by atoms with Crippen molar-refractivity contribution in [3.63, 3.8) is 0 Å². The second-order valence-corrected chi connectivity index (χ2v) is 25.8. The number of benzene rings is 12. The summed E-state index contributed by atoms with van der Waals surface area (Å²) in [5.74, 6) is 2.10. The lowest BCUT2D eigenvalue weighted by Gasteiger charge is -2.34. The highest BCUT2D eigenvalue weighted by Gasteiger charge is 2.41. The Hall–Kier alpha value is -11.4. The van der Waals surface area contributed by atoms with Crippen LogP contribution < -0.4 is 20.7 Å². The van der Waals surface area contributed by atoms with Crippen LogP contribution in [0.1, 0.15) is 5.56 Å². The first-order valence-corrected chi connectivity index (χ1v) is 30.8. The molecule has 0 bridgehead atoms. The van der Waals surface area contributed by atoms with Gasteiger partial charge in [0.25, 0.3) is 0 Å². The highest BCUT2D eigenvalue weighted by Crippen LogP contribution is 2.40. The highest BCUT2D eigenvalue weighted by atomic mass is 28.3. The van der Waals surface area contributed by atoms with Gasteiger partial charge in [-0.1, -0.05) is 212 Å². The minimum absolute atomic E-state index is 0.607. The van der Waals surface area contributed by atoms with Crippen LogP contribution in [-0.4, -0.2) is 36.3 Å². The molecule has 0 aliphatic rings. The van der Waals surface area contributed by atoms with Crippen LogP contribution in [0.25, 0.3) is 122 Å². The Balaban J connectivity index is 0.920. The van der Waals surface area contributed by atoms with E-state index in [1.807, 2.05) is 12.1 Å². The summed E-state index contributed by atoms with van der Waals surface area (Å²) in [5, 5.41) is 24.3. The Kier molecular flexibility index (Phi) is 10.9. The molecule has 396 valence electrons. The minimum atomic E-state index is -2.85. The molecular weight excluding hydrogens is 1050 g/mol. The van der Waals surface area contributed by atoms with Crippen LogP contribution in [0.5, 0.6) is 0 Å². The zero-order valence-corrected chi connectivity index (χ0v) is 46.9. The van der Waals surface area contributed by atoms with Crippen molar-refractivity contribution in [2.45, 2.75) is 0 Å². The van der Waals surface area contributed by atoms with Crippen LogP contribution in [-0.2, 0) is 0 Å². The van der Waals surface area contributed by atoms with Crippen LogP contribution in [0, 0.1) is 11.3 Å². The third kappa shape index (κ3) is 7.31. The third-order valence-electron chi connectivity index (χ3n) is 17.6. The molecule has 0 atom stereocenters. The van der Waals surface area contributed by atoms with Gasteiger partial charge in [0, 0.05) is 66.1 Å². The maximum Gasteiger partial charge on any atom is 0.179 e. The van der Waals surface area contributed by atoms with E-state index in [1.165, 1.54) is 42.6 Å². The van der Waals surface area contributed by atoms with Gasteiger partial charge in [0.15, 0.2) is 13.9 Å². The summed E-state index contributed by atoms with van der Waals surface area (Å²) in [6.45, 7) is 0. The van der Waals surface area contributed by atoms with Crippen LogP contribution >= 0.6 is 0 Å². The summed E-state index contributed by atoms with van der Waals surface area (Å²) in [5.41, 5.74) is 12.2. The highest BCUT2D eigenvalue weighted by molar-refractivity contribution is 7.19. The molecular formula is C77H49N7Si. The lowest BCUT2D eigenvalue weighted by molar-refractivity contribution is 0.993. The predicted molar refractivity (Wildman–Crippen MR) is 353 cm³/mol. The number of hydrogen-bond acceptors (Lipinski definition) is 3. The smallest absolute Gasteiger partial charge is 0.179 e. The first-order chi connectivity index (χ1) is 42.1. The lowest BCUT2D eigenvalue weighted by atomic mass is 10.1. The summed E-state index contributed by atoms with van der Waals surface area (Å²) in [6, 6.07) is 110. The van der Waals surface area contributed by atoms with E-state index in [1.54, 1.807) is 0 Å². The first kappa shape index (κ1) is 48.3. The molecule has 5 aromatic heterocycles. The van der Waals surface area contributed by atoms with E-state index in [0.717, 1.165) is 94.0 Å². The van der Waals surface area contributed by atoms with E-state index in [2.05, 4.69) is 309 Å². The summed E-state index contributed by atoms with van der Waals surface area (Å²) in [7, 11) is -2.85. The molecule has 0 aliphatic carbocycles. The lowest BCUT2D eigenvalue weighted by Crippen LogP contribution is -2.74. The largest absolute Gasteiger partial charge is 0.309 e. The minimum Gasteiger partial charge on any atom is -0.309 e. The molecule has 17 rings (SSSR count). The first-order valence-electron chi connectivity index (χ1n) is 28.8. The van der Waals surface area contributed by atoms with Gasteiger partial charge in [-0.2, -0.15) is 5.26 Å². The normalized spacial score (nSPS) is 12.0. The maximum absolute atomic E-state index is 10.0. The molecule has 12 aromatic carbocycles. The molecule has 0 aliphatic heterocycles. The quantitative estimate of drug-likeness (QED) is 0.107. The molecule has 17 aromatic rings. The Morgan fingerprint density at radius 2 is 0.624 bits per heavy atom. The van der Waals surface area contributed by atoms with Crippen LogP contribution in [0.3, 0.4) is 0 Å². The van der Waals surface area contributed by atoms with Gasteiger partial charge in [0.2, 0.25) is 0 Å². The maximum atomic E-state index is 10.0. The fourth-order valence-electron chi connectivity index (χ4n) is 13.9. The Morgan fingerprint density at radius 1 is 0.271 bits per heavy atom. The third-order valence-corrected chi connectivity index (χ3v) is 22.4. The number of rotatable bonds is 9. The number of aromatic nitrogens is 6. The molecule has 0 unspecified atom stereocenters. The number of nitrogens with zero attached hydrogens (tertiary/aromatic N) is 7. The molecule has 85 heavy (non-hydrogen) atoms. The topological polar surface area (TPSA) is 69.3 Å². The molecule has 0 amide bonds. The molecule has 0 fully saturated rings. The molecule has 0 saturated carbocycles. The SMILES string of the molecule is N#Cc1ccc2c(c1)c1ccccc1n2-c1ccc2c3ccccc3n(-c3cc(-n4c5ccccc5c5cc(-n6c7ccccc7c7ccccc76)ccc54)nc(-c4ccc([Si](c5ccccc5)(c5ccccc5)c5ccccc5)cc4)n3)c2c1. The predicted octanol–water partition coefficient (Wildman–Crippen LogP) is 15.8. The van der Waals surface area contributed by atoms with E-state index in [-0.39, 0.29) is 0 Å². The summed E-state index contributed by atoms with van der Waals surface area (Å²) >= 11 is 0. The van der Waals surface area contributed by atoms with Gasteiger partial charge in [0.1, 0.15) is 11.6 Å². The van der Waals surface area contributed by atoms with Crippen molar-refractivity contribution >= 4 is 116 Å². The van der Waals surface area contributed by atoms with Gasteiger partial charge in [-0.05, 0) is 99.6 Å². The summed E-state index contributed by atoms with van der Waals surface area (Å²) in [4.78, 5) is 11.4. The van der Waals surface area contributed by atoms with Crippen molar-refractivity contribution < 1.29 is 0 Å². The average molecular weight is 1100 g/mol. The zero-order valence-electron chi connectivity index (χ0n) is 45.9. The molecule has 0 N–H and O–H groups in total. The average Bonchev–Trinajstić information content (AvgIpc) is 2.90. The van der Waals surface area contributed by atoms with Gasteiger partial charge in [-0.15, -0.1) is 0 Å².